The minimum atomic E-state index is 0.202. The van der Waals surface area contributed by atoms with Crippen LogP contribution in [0.25, 0.3) is 0 Å². The largest absolute Gasteiger partial charge is 0.478 e. The van der Waals surface area contributed by atoms with Crippen LogP contribution in [0.2, 0.25) is 0 Å². The molecule has 1 aromatic rings. The summed E-state index contributed by atoms with van der Waals surface area (Å²) >= 11 is 0. The Morgan fingerprint density at radius 2 is 2.21 bits per heavy atom. The highest BCUT2D eigenvalue weighted by Gasteiger charge is 2.24. The second kappa shape index (κ2) is 6.19. The van der Waals surface area contributed by atoms with Gasteiger partial charge in [-0.1, -0.05) is 13.8 Å². The first-order valence-electron chi connectivity index (χ1n) is 7.07. The molecule has 1 saturated heterocycles. The van der Waals surface area contributed by atoms with E-state index in [1.165, 1.54) is 0 Å². The van der Waals surface area contributed by atoms with E-state index in [1.807, 2.05) is 13.0 Å². The average molecular weight is 264 g/mol. The zero-order valence-corrected chi connectivity index (χ0v) is 12.1. The first-order valence-corrected chi connectivity index (χ1v) is 7.07. The van der Waals surface area contributed by atoms with Crippen molar-refractivity contribution in [3.05, 3.63) is 11.8 Å². The fourth-order valence-electron chi connectivity index (χ4n) is 2.51. The molecule has 0 radical (unpaired) electrons. The molecule has 0 spiro atoms. The number of aromatic nitrogens is 2. The molecule has 0 aromatic carbocycles. The zero-order valence-electron chi connectivity index (χ0n) is 12.1. The summed E-state index contributed by atoms with van der Waals surface area (Å²) in [6.07, 6.45) is 2.05. The number of piperidine rings is 1. The fourth-order valence-corrected chi connectivity index (χ4v) is 2.51. The lowest BCUT2D eigenvalue weighted by Crippen LogP contribution is -2.47. The van der Waals surface area contributed by atoms with Crippen molar-refractivity contribution in [3.8, 4) is 5.88 Å². The van der Waals surface area contributed by atoms with Crippen LogP contribution >= 0.6 is 0 Å². The normalized spacial score (nSPS) is 23.5. The van der Waals surface area contributed by atoms with E-state index in [-0.39, 0.29) is 6.04 Å². The Labute approximate surface area is 115 Å². The number of hydrogen-bond donors (Lipinski definition) is 1. The van der Waals surface area contributed by atoms with Gasteiger partial charge in [-0.15, -0.1) is 0 Å². The van der Waals surface area contributed by atoms with Crippen LogP contribution in [-0.2, 0) is 0 Å². The van der Waals surface area contributed by atoms with Crippen molar-refractivity contribution in [1.82, 2.24) is 9.97 Å². The van der Waals surface area contributed by atoms with Crippen LogP contribution in [0.5, 0.6) is 5.88 Å². The number of anilines is 1. The first-order chi connectivity index (χ1) is 9.08. The lowest BCUT2D eigenvalue weighted by molar-refractivity contribution is 0.303. The monoisotopic (exact) mass is 264 g/mol. The maximum Gasteiger partial charge on any atom is 0.228 e. The van der Waals surface area contributed by atoms with Crippen LogP contribution in [0, 0.1) is 12.8 Å². The SMILES string of the molecule is CCCOc1cc(C)nc(N2CC(C)CC(N)C2)n1. The van der Waals surface area contributed by atoms with Crippen molar-refractivity contribution < 1.29 is 4.74 Å². The van der Waals surface area contributed by atoms with Crippen LogP contribution in [0.1, 0.15) is 32.4 Å². The average Bonchev–Trinajstić information content (AvgIpc) is 2.34. The summed E-state index contributed by atoms with van der Waals surface area (Å²) in [4.78, 5) is 11.2. The van der Waals surface area contributed by atoms with Gasteiger partial charge < -0.3 is 15.4 Å². The van der Waals surface area contributed by atoms with Gasteiger partial charge in [0.15, 0.2) is 0 Å². The van der Waals surface area contributed by atoms with Gasteiger partial charge in [0.25, 0.3) is 0 Å². The summed E-state index contributed by atoms with van der Waals surface area (Å²) in [7, 11) is 0. The van der Waals surface area contributed by atoms with Gasteiger partial charge >= 0.3 is 0 Å². The molecule has 1 aromatic heterocycles. The van der Waals surface area contributed by atoms with E-state index in [0.717, 1.165) is 37.6 Å². The van der Waals surface area contributed by atoms with E-state index in [2.05, 4.69) is 28.7 Å². The molecule has 1 aliphatic rings. The van der Waals surface area contributed by atoms with Crippen LogP contribution in [0.15, 0.2) is 6.07 Å². The van der Waals surface area contributed by atoms with Gasteiger partial charge in [-0.3, -0.25) is 0 Å². The molecular formula is C14H24N4O. The summed E-state index contributed by atoms with van der Waals surface area (Å²) in [6, 6.07) is 2.08. The molecule has 0 bridgehead atoms. The number of ether oxygens (including phenoxy) is 1. The van der Waals surface area contributed by atoms with Gasteiger partial charge in [-0.25, -0.2) is 4.98 Å². The lowest BCUT2D eigenvalue weighted by Gasteiger charge is -2.34. The molecule has 1 fully saturated rings. The van der Waals surface area contributed by atoms with Crippen LogP contribution in [0.4, 0.5) is 5.95 Å². The standard InChI is InChI=1S/C14H24N4O/c1-4-5-19-13-7-11(3)16-14(17-13)18-8-10(2)6-12(15)9-18/h7,10,12H,4-6,8-9,15H2,1-3H3. The Bertz CT molecular complexity index is 414. The molecular weight excluding hydrogens is 240 g/mol. The molecule has 0 aliphatic carbocycles. The highest BCUT2D eigenvalue weighted by Crippen LogP contribution is 2.22. The molecule has 0 amide bonds. The highest BCUT2D eigenvalue weighted by molar-refractivity contribution is 5.35. The molecule has 2 rings (SSSR count). The fraction of sp³-hybridized carbons (Fsp3) is 0.714. The summed E-state index contributed by atoms with van der Waals surface area (Å²) in [6.45, 7) is 8.74. The van der Waals surface area contributed by atoms with E-state index in [1.54, 1.807) is 0 Å². The van der Waals surface area contributed by atoms with Crippen molar-refractivity contribution in [1.29, 1.82) is 0 Å². The molecule has 2 N–H and O–H groups in total. The van der Waals surface area contributed by atoms with Gasteiger partial charge in [-0.2, -0.15) is 4.98 Å². The van der Waals surface area contributed by atoms with Gasteiger partial charge in [-0.05, 0) is 25.7 Å². The van der Waals surface area contributed by atoms with Crippen molar-refractivity contribution >= 4 is 5.95 Å². The van der Waals surface area contributed by atoms with E-state index in [4.69, 9.17) is 10.5 Å². The third kappa shape index (κ3) is 3.80. The number of nitrogens with two attached hydrogens (primary N) is 1. The lowest BCUT2D eigenvalue weighted by atomic mass is 9.97. The molecule has 5 nitrogen and oxygen atoms in total. The Hall–Kier alpha value is -1.36. The Balaban J connectivity index is 2.16. The molecule has 19 heavy (non-hydrogen) atoms. The molecule has 0 saturated carbocycles. The van der Waals surface area contributed by atoms with Crippen molar-refractivity contribution in [3.63, 3.8) is 0 Å². The smallest absolute Gasteiger partial charge is 0.228 e. The number of nitrogens with zero attached hydrogens (tertiary/aromatic N) is 3. The van der Waals surface area contributed by atoms with Crippen molar-refractivity contribution in [2.45, 2.75) is 39.7 Å². The van der Waals surface area contributed by atoms with Gasteiger partial charge in [0, 0.05) is 30.9 Å². The van der Waals surface area contributed by atoms with Gasteiger partial charge in [0.1, 0.15) is 0 Å². The third-order valence-electron chi connectivity index (χ3n) is 3.25. The van der Waals surface area contributed by atoms with Crippen molar-refractivity contribution in [2.75, 3.05) is 24.6 Å². The van der Waals surface area contributed by atoms with E-state index in [0.29, 0.717) is 18.4 Å². The van der Waals surface area contributed by atoms with Gasteiger partial charge in [0.2, 0.25) is 11.8 Å². The van der Waals surface area contributed by atoms with E-state index < -0.39 is 0 Å². The Morgan fingerprint density at radius 3 is 2.89 bits per heavy atom. The number of aryl methyl sites for hydroxylation is 1. The maximum atomic E-state index is 6.08. The topological polar surface area (TPSA) is 64.3 Å². The molecule has 106 valence electrons. The second-order valence-corrected chi connectivity index (χ2v) is 5.50. The van der Waals surface area contributed by atoms with E-state index in [9.17, 15) is 0 Å². The molecule has 5 heteroatoms. The first kappa shape index (κ1) is 14.1. The maximum absolute atomic E-state index is 6.08. The summed E-state index contributed by atoms with van der Waals surface area (Å²) in [5, 5.41) is 0. The third-order valence-corrected chi connectivity index (χ3v) is 3.25. The Kier molecular flexibility index (Phi) is 4.58. The summed E-state index contributed by atoms with van der Waals surface area (Å²) < 4.78 is 5.61. The van der Waals surface area contributed by atoms with Crippen LogP contribution < -0.4 is 15.4 Å². The summed E-state index contributed by atoms with van der Waals surface area (Å²) in [5.74, 6) is 1.98. The summed E-state index contributed by atoms with van der Waals surface area (Å²) in [5.41, 5.74) is 7.01. The van der Waals surface area contributed by atoms with Crippen LogP contribution in [0.3, 0.4) is 0 Å². The quantitative estimate of drug-likeness (QED) is 0.897. The highest BCUT2D eigenvalue weighted by atomic mass is 16.5. The van der Waals surface area contributed by atoms with E-state index >= 15 is 0 Å². The number of rotatable bonds is 4. The predicted molar refractivity (Wildman–Crippen MR) is 76.5 cm³/mol. The minimum absolute atomic E-state index is 0.202. The predicted octanol–water partition coefficient (Wildman–Crippen LogP) is 1.75. The zero-order chi connectivity index (χ0) is 13.8. The molecule has 1 aliphatic heterocycles. The molecule has 2 atom stereocenters. The second-order valence-electron chi connectivity index (χ2n) is 5.50. The molecule has 2 unspecified atom stereocenters. The van der Waals surface area contributed by atoms with Gasteiger partial charge in [0.05, 0.1) is 6.61 Å². The Morgan fingerprint density at radius 1 is 1.42 bits per heavy atom. The number of hydrogen-bond acceptors (Lipinski definition) is 5. The molecule has 2 heterocycles. The minimum Gasteiger partial charge on any atom is -0.478 e. The van der Waals surface area contributed by atoms with Crippen molar-refractivity contribution in [2.24, 2.45) is 11.7 Å². The van der Waals surface area contributed by atoms with Crippen LogP contribution in [-0.4, -0.2) is 35.7 Å².